The minimum absolute atomic E-state index is 1.06. The number of fused-ring (bicyclic) bond motifs is 6. The maximum atomic E-state index is 2.44. The second-order valence-electron chi connectivity index (χ2n) is 13.7. The maximum absolute atomic E-state index is 2.44. The number of rotatable bonds is 4. The van der Waals surface area contributed by atoms with E-state index in [1.807, 2.05) is 0 Å². The number of para-hydroxylation sites is 1. The van der Waals surface area contributed by atoms with Crippen LogP contribution in [0.25, 0.3) is 77.9 Å². The molecule has 51 heavy (non-hydrogen) atoms. The predicted molar refractivity (Wildman–Crippen MR) is 219 cm³/mol. The normalized spacial score (nSPS) is 13.6. The number of hydrogen-bond donors (Lipinski definition) is 0. The molecule has 8 aromatic rings. The minimum atomic E-state index is 1.06. The van der Waals surface area contributed by atoms with Gasteiger partial charge in [0.1, 0.15) is 0 Å². The zero-order chi connectivity index (χ0) is 33.7. The zero-order valence-electron chi connectivity index (χ0n) is 28.3. The molecular formula is C50H35N. The van der Waals surface area contributed by atoms with Crippen LogP contribution in [-0.4, -0.2) is 0 Å². The van der Waals surface area contributed by atoms with Crippen molar-refractivity contribution in [3.8, 4) is 33.4 Å². The molecule has 240 valence electrons. The molecule has 0 amide bonds. The first kappa shape index (κ1) is 29.5. The van der Waals surface area contributed by atoms with Gasteiger partial charge in [0.05, 0.1) is 11.4 Å². The van der Waals surface area contributed by atoms with Crippen molar-refractivity contribution in [2.75, 3.05) is 4.90 Å². The van der Waals surface area contributed by atoms with Gasteiger partial charge in [-0.1, -0.05) is 146 Å². The minimum Gasteiger partial charge on any atom is -0.310 e. The van der Waals surface area contributed by atoms with Gasteiger partial charge in [-0.25, -0.2) is 0 Å². The van der Waals surface area contributed by atoms with Gasteiger partial charge in [-0.3, -0.25) is 0 Å². The summed E-state index contributed by atoms with van der Waals surface area (Å²) in [6, 6.07) is 58.2. The fourth-order valence-corrected chi connectivity index (χ4v) is 8.00. The Balaban J connectivity index is 1.06. The second-order valence-corrected chi connectivity index (χ2v) is 13.7. The lowest BCUT2D eigenvalue weighted by Crippen LogP contribution is -2.17. The van der Waals surface area contributed by atoms with Crippen LogP contribution in [0.15, 0.2) is 182 Å². The number of hydrogen-bond acceptors (Lipinski definition) is 1. The molecule has 0 saturated heterocycles. The standard InChI is InChI=1S/C50H35N/c1-3-11-34(12-4-1)47-31-37-14-7-8-15-38(37)32-48(47)43-26-28-46-42(30-43)24-23-41-29-39(25-27-45(41)46)40-22-21-36-20-19-35-13-9-10-18-49(35)51(50(36)33-40)44-16-5-2-6-17-44/h1,3-5,7-33H,2,6H2. The Labute approximate surface area is 298 Å². The van der Waals surface area contributed by atoms with Crippen LogP contribution in [0.1, 0.15) is 24.0 Å². The van der Waals surface area contributed by atoms with Crippen molar-refractivity contribution in [1.29, 1.82) is 0 Å². The average molecular weight is 650 g/mol. The number of anilines is 2. The van der Waals surface area contributed by atoms with Gasteiger partial charge in [0.2, 0.25) is 0 Å². The Bertz CT molecular complexity index is 2740. The highest BCUT2D eigenvalue weighted by Gasteiger charge is 2.22. The highest BCUT2D eigenvalue weighted by molar-refractivity contribution is 6.10. The predicted octanol–water partition coefficient (Wildman–Crippen LogP) is 14.0. The lowest BCUT2D eigenvalue weighted by molar-refractivity contribution is 0.997. The Hall–Kier alpha value is -6.44. The summed E-state index contributed by atoms with van der Waals surface area (Å²) in [4.78, 5) is 2.44. The smallest absolute Gasteiger partial charge is 0.0540 e. The molecule has 0 saturated carbocycles. The van der Waals surface area contributed by atoms with Gasteiger partial charge in [0.15, 0.2) is 0 Å². The fraction of sp³-hybridized carbons (Fsp3) is 0.0400. The molecule has 8 aromatic carbocycles. The molecule has 10 rings (SSSR count). The van der Waals surface area contributed by atoms with Crippen molar-refractivity contribution in [2.24, 2.45) is 0 Å². The summed E-state index contributed by atoms with van der Waals surface area (Å²) in [6.45, 7) is 0. The molecular weight excluding hydrogens is 615 g/mol. The summed E-state index contributed by atoms with van der Waals surface area (Å²) in [5.74, 6) is 0. The first-order valence-corrected chi connectivity index (χ1v) is 17.9. The van der Waals surface area contributed by atoms with E-state index in [2.05, 4.69) is 193 Å². The molecule has 1 aliphatic heterocycles. The van der Waals surface area contributed by atoms with E-state index in [-0.39, 0.29) is 0 Å². The summed E-state index contributed by atoms with van der Waals surface area (Å²) < 4.78 is 0. The summed E-state index contributed by atoms with van der Waals surface area (Å²) in [7, 11) is 0. The van der Waals surface area contributed by atoms with E-state index in [1.54, 1.807) is 0 Å². The van der Waals surface area contributed by atoms with E-state index in [9.17, 15) is 0 Å². The molecule has 2 aliphatic rings. The van der Waals surface area contributed by atoms with Crippen molar-refractivity contribution in [2.45, 2.75) is 12.8 Å². The van der Waals surface area contributed by atoms with Gasteiger partial charge in [-0.05, 0) is 132 Å². The van der Waals surface area contributed by atoms with Crippen molar-refractivity contribution in [3.63, 3.8) is 0 Å². The Morgan fingerprint density at radius 1 is 0.373 bits per heavy atom. The van der Waals surface area contributed by atoms with E-state index < -0.39 is 0 Å². The molecule has 0 fully saturated rings. The lowest BCUT2D eigenvalue weighted by Gasteiger charge is -2.29. The molecule has 0 unspecified atom stereocenters. The topological polar surface area (TPSA) is 3.24 Å². The lowest BCUT2D eigenvalue weighted by atomic mass is 9.90. The molecule has 0 radical (unpaired) electrons. The maximum Gasteiger partial charge on any atom is 0.0540 e. The van der Waals surface area contributed by atoms with Crippen LogP contribution < -0.4 is 4.90 Å². The van der Waals surface area contributed by atoms with Crippen LogP contribution in [0.2, 0.25) is 0 Å². The third-order valence-electron chi connectivity index (χ3n) is 10.6. The van der Waals surface area contributed by atoms with E-state index in [0.717, 1.165) is 12.8 Å². The van der Waals surface area contributed by atoms with Gasteiger partial charge >= 0.3 is 0 Å². The summed E-state index contributed by atoms with van der Waals surface area (Å²) in [6.07, 6.45) is 13.6. The highest BCUT2D eigenvalue weighted by Crippen LogP contribution is 2.43. The fourth-order valence-electron chi connectivity index (χ4n) is 8.00. The van der Waals surface area contributed by atoms with Crippen LogP contribution in [-0.2, 0) is 0 Å². The van der Waals surface area contributed by atoms with Crippen molar-refractivity contribution in [3.05, 3.63) is 193 Å². The molecule has 0 bridgehead atoms. The molecule has 0 aromatic heterocycles. The van der Waals surface area contributed by atoms with Crippen LogP contribution in [0.4, 0.5) is 11.4 Å². The number of allylic oxidation sites excluding steroid dienone is 3. The van der Waals surface area contributed by atoms with E-state index >= 15 is 0 Å². The van der Waals surface area contributed by atoms with Gasteiger partial charge in [0, 0.05) is 5.70 Å². The third kappa shape index (κ3) is 5.18. The SMILES string of the molecule is C1=CC(N2c3ccccc3C=Cc3ccc(-c4ccc5c(ccc6cc(-c7cc8ccccc8cc7-c7ccccc7)ccc65)c4)cc32)=CCC1. The quantitative estimate of drug-likeness (QED) is 0.172. The van der Waals surface area contributed by atoms with Crippen LogP contribution in [0.5, 0.6) is 0 Å². The monoisotopic (exact) mass is 649 g/mol. The second kappa shape index (κ2) is 12.2. The molecule has 0 N–H and O–H groups in total. The van der Waals surface area contributed by atoms with Gasteiger partial charge in [-0.2, -0.15) is 0 Å². The molecule has 1 heteroatoms. The summed E-state index contributed by atoms with van der Waals surface area (Å²) in [5.41, 5.74) is 13.5. The van der Waals surface area contributed by atoms with Gasteiger partial charge in [-0.15, -0.1) is 0 Å². The Morgan fingerprint density at radius 2 is 0.980 bits per heavy atom. The van der Waals surface area contributed by atoms with Gasteiger partial charge in [0.25, 0.3) is 0 Å². The van der Waals surface area contributed by atoms with Gasteiger partial charge < -0.3 is 4.90 Å². The van der Waals surface area contributed by atoms with Crippen molar-refractivity contribution in [1.82, 2.24) is 0 Å². The number of nitrogens with zero attached hydrogens (tertiary/aromatic N) is 1. The van der Waals surface area contributed by atoms with Crippen LogP contribution in [0.3, 0.4) is 0 Å². The number of benzene rings is 8. The zero-order valence-corrected chi connectivity index (χ0v) is 28.3. The molecule has 1 aliphatic carbocycles. The third-order valence-corrected chi connectivity index (χ3v) is 10.6. The molecule has 0 spiro atoms. The van der Waals surface area contributed by atoms with E-state index in [4.69, 9.17) is 0 Å². The first-order chi connectivity index (χ1) is 25.3. The van der Waals surface area contributed by atoms with Crippen molar-refractivity contribution >= 4 is 55.8 Å². The Morgan fingerprint density at radius 3 is 1.73 bits per heavy atom. The van der Waals surface area contributed by atoms with Crippen molar-refractivity contribution < 1.29 is 0 Å². The van der Waals surface area contributed by atoms with E-state index in [0.29, 0.717) is 0 Å². The largest absolute Gasteiger partial charge is 0.310 e. The molecule has 1 nitrogen and oxygen atoms in total. The molecule has 0 atom stereocenters. The average Bonchev–Trinajstić information content (AvgIpc) is 3.37. The first-order valence-electron chi connectivity index (χ1n) is 17.9. The Kier molecular flexibility index (Phi) is 7.03. The van der Waals surface area contributed by atoms with Crippen LogP contribution in [0, 0.1) is 0 Å². The summed E-state index contributed by atoms with van der Waals surface area (Å²) in [5, 5.41) is 7.56. The summed E-state index contributed by atoms with van der Waals surface area (Å²) >= 11 is 0. The highest BCUT2D eigenvalue weighted by atomic mass is 15.2. The van der Waals surface area contributed by atoms with E-state index in [1.165, 1.54) is 93.9 Å². The molecule has 1 heterocycles. The van der Waals surface area contributed by atoms with Crippen LogP contribution >= 0.6 is 0 Å².